The van der Waals surface area contributed by atoms with Crippen LogP contribution in [0.2, 0.25) is 0 Å². The van der Waals surface area contributed by atoms with Crippen LogP contribution in [0.1, 0.15) is 11.6 Å². The predicted molar refractivity (Wildman–Crippen MR) is 48.5 cm³/mol. The van der Waals surface area contributed by atoms with Gasteiger partial charge in [-0.15, -0.1) is 0 Å². The molecule has 0 aromatic heterocycles. The molecule has 1 aromatic carbocycles. The molecular formula is C10H11F2N. The normalized spacial score (nSPS) is 13.8. The van der Waals surface area contributed by atoms with Crippen LogP contribution in [-0.4, -0.2) is 5.92 Å². The molecule has 1 atom stereocenters. The molecule has 3 heteroatoms. The van der Waals surface area contributed by atoms with Crippen LogP contribution in [0.5, 0.6) is 0 Å². The van der Waals surface area contributed by atoms with Crippen molar-refractivity contribution in [2.75, 3.05) is 0 Å². The SMILES string of the molecule is C=CC(F)(F)C(N)c1ccccc1. The third-order valence-electron chi connectivity index (χ3n) is 1.85. The Hall–Kier alpha value is -1.22. The van der Waals surface area contributed by atoms with Gasteiger partial charge in [-0.25, -0.2) is 0 Å². The van der Waals surface area contributed by atoms with E-state index in [-0.39, 0.29) is 0 Å². The molecule has 13 heavy (non-hydrogen) atoms. The number of rotatable bonds is 3. The lowest BCUT2D eigenvalue weighted by atomic mass is 10.0. The Morgan fingerprint density at radius 3 is 2.31 bits per heavy atom. The standard InChI is InChI=1S/C10H11F2N/c1-2-10(11,12)9(13)8-6-4-3-5-7-8/h2-7,9H,1,13H2. The van der Waals surface area contributed by atoms with Gasteiger partial charge in [-0.3, -0.25) is 0 Å². The van der Waals surface area contributed by atoms with Crippen LogP contribution in [0.4, 0.5) is 8.78 Å². The summed E-state index contributed by atoms with van der Waals surface area (Å²) in [6, 6.07) is 6.93. The van der Waals surface area contributed by atoms with Crippen molar-refractivity contribution in [3.63, 3.8) is 0 Å². The Balaban J connectivity index is 2.91. The van der Waals surface area contributed by atoms with Crippen molar-refractivity contribution >= 4 is 0 Å². The van der Waals surface area contributed by atoms with E-state index in [2.05, 4.69) is 6.58 Å². The van der Waals surface area contributed by atoms with Gasteiger partial charge < -0.3 is 5.73 Å². The molecule has 0 aliphatic heterocycles. The first kappa shape index (κ1) is 9.86. The fourth-order valence-electron chi connectivity index (χ4n) is 1.01. The Labute approximate surface area is 75.9 Å². The molecular weight excluding hydrogens is 172 g/mol. The fraction of sp³-hybridized carbons (Fsp3) is 0.200. The van der Waals surface area contributed by atoms with Crippen molar-refractivity contribution in [3.05, 3.63) is 48.6 Å². The Bertz CT molecular complexity index is 282. The summed E-state index contributed by atoms with van der Waals surface area (Å²) in [5, 5.41) is 0. The van der Waals surface area contributed by atoms with E-state index < -0.39 is 12.0 Å². The number of hydrogen-bond acceptors (Lipinski definition) is 1. The summed E-state index contributed by atoms with van der Waals surface area (Å²) in [5.41, 5.74) is 5.77. The predicted octanol–water partition coefficient (Wildman–Crippen LogP) is 2.51. The quantitative estimate of drug-likeness (QED) is 0.716. The van der Waals surface area contributed by atoms with E-state index in [0.717, 1.165) is 0 Å². The van der Waals surface area contributed by atoms with E-state index in [0.29, 0.717) is 11.6 Å². The average molecular weight is 183 g/mol. The van der Waals surface area contributed by atoms with Gasteiger partial charge in [-0.1, -0.05) is 36.9 Å². The molecule has 0 heterocycles. The highest BCUT2D eigenvalue weighted by Crippen LogP contribution is 2.29. The summed E-state index contributed by atoms with van der Waals surface area (Å²) in [6.07, 6.45) is 0.574. The molecule has 0 saturated heterocycles. The van der Waals surface area contributed by atoms with Crippen LogP contribution in [0.15, 0.2) is 43.0 Å². The first-order chi connectivity index (χ1) is 6.08. The van der Waals surface area contributed by atoms with Gasteiger partial charge in [0.25, 0.3) is 5.92 Å². The van der Waals surface area contributed by atoms with Gasteiger partial charge in [-0.05, 0) is 11.6 Å². The van der Waals surface area contributed by atoms with E-state index in [1.807, 2.05) is 0 Å². The number of nitrogens with two attached hydrogens (primary N) is 1. The third kappa shape index (κ3) is 2.12. The lowest BCUT2D eigenvalue weighted by molar-refractivity contribution is 0.0261. The molecule has 0 aliphatic carbocycles. The van der Waals surface area contributed by atoms with Gasteiger partial charge >= 0.3 is 0 Å². The number of alkyl halides is 2. The monoisotopic (exact) mass is 183 g/mol. The van der Waals surface area contributed by atoms with Crippen molar-refractivity contribution in [3.8, 4) is 0 Å². The zero-order chi connectivity index (χ0) is 9.90. The molecule has 0 aliphatic rings. The van der Waals surface area contributed by atoms with Crippen molar-refractivity contribution in [2.24, 2.45) is 5.73 Å². The molecule has 2 N–H and O–H groups in total. The zero-order valence-corrected chi connectivity index (χ0v) is 7.08. The molecule has 1 nitrogen and oxygen atoms in total. The molecule has 1 unspecified atom stereocenters. The second-order valence-electron chi connectivity index (χ2n) is 2.77. The van der Waals surface area contributed by atoms with Crippen LogP contribution >= 0.6 is 0 Å². The summed E-state index contributed by atoms with van der Waals surface area (Å²) in [7, 11) is 0. The maximum atomic E-state index is 13.0. The summed E-state index contributed by atoms with van der Waals surface area (Å²) in [4.78, 5) is 0. The van der Waals surface area contributed by atoms with Gasteiger partial charge in [0.05, 0.1) is 6.04 Å². The third-order valence-corrected chi connectivity index (χ3v) is 1.85. The Kier molecular flexibility index (Phi) is 2.78. The minimum atomic E-state index is -3.05. The molecule has 0 radical (unpaired) electrons. The second kappa shape index (κ2) is 3.66. The van der Waals surface area contributed by atoms with Crippen LogP contribution in [0.25, 0.3) is 0 Å². The lowest BCUT2D eigenvalue weighted by Crippen LogP contribution is -2.30. The lowest BCUT2D eigenvalue weighted by Gasteiger charge is -2.19. The molecule has 0 saturated carbocycles. The number of halogens is 2. The van der Waals surface area contributed by atoms with Gasteiger partial charge in [0.2, 0.25) is 0 Å². The zero-order valence-electron chi connectivity index (χ0n) is 7.08. The van der Waals surface area contributed by atoms with Crippen LogP contribution < -0.4 is 5.73 Å². The number of benzene rings is 1. The molecule has 0 spiro atoms. The topological polar surface area (TPSA) is 26.0 Å². The van der Waals surface area contributed by atoms with E-state index >= 15 is 0 Å². The molecule has 0 bridgehead atoms. The second-order valence-corrected chi connectivity index (χ2v) is 2.77. The molecule has 0 amide bonds. The van der Waals surface area contributed by atoms with Crippen molar-refractivity contribution < 1.29 is 8.78 Å². The highest BCUT2D eigenvalue weighted by Gasteiger charge is 2.34. The Morgan fingerprint density at radius 2 is 1.85 bits per heavy atom. The van der Waals surface area contributed by atoms with Crippen LogP contribution in [0.3, 0.4) is 0 Å². The highest BCUT2D eigenvalue weighted by atomic mass is 19.3. The Morgan fingerprint density at radius 1 is 1.31 bits per heavy atom. The average Bonchev–Trinajstić information content (AvgIpc) is 2.18. The van der Waals surface area contributed by atoms with Gasteiger partial charge in [-0.2, -0.15) is 8.78 Å². The van der Waals surface area contributed by atoms with Gasteiger partial charge in [0, 0.05) is 0 Å². The van der Waals surface area contributed by atoms with E-state index in [1.54, 1.807) is 30.3 Å². The van der Waals surface area contributed by atoms with Gasteiger partial charge in [0.1, 0.15) is 0 Å². The minimum Gasteiger partial charge on any atom is -0.319 e. The van der Waals surface area contributed by atoms with Crippen molar-refractivity contribution in [1.82, 2.24) is 0 Å². The van der Waals surface area contributed by atoms with E-state index in [4.69, 9.17) is 5.73 Å². The fourth-order valence-corrected chi connectivity index (χ4v) is 1.01. The summed E-state index contributed by atoms with van der Waals surface area (Å²) < 4.78 is 26.0. The summed E-state index contributed by atoms with van der Waals surface area (Å²) in [5.74, 6) is -3.05. The number of hydrogen-bond donors (Lipinski definition) is 1. The summed E-state index contributed by atoms with van der Waals surface area (Å²) >= 11 is 0. The minimum absolute atomic E-state index is 0.410. The van der Waals surface area contributed by atoms with Crippen LogP contribution in [-0.2, 0) is 0 Å². The van der Waals surface area contributed by atoms with Crippen molar-refractivity contribution in [2.45, 2.75) is 12.0 Å². The summed E-state index contributed by atoms with van der Waals surface area (Å²) in [6.45, 7) is 3.05. The maximum Gasteiger partial charge on any atom is 0.285 e. The first-order valence-corrected chi connectivity index (χ1v) is 3.90. The highest BCUT2D eigenvalue weighted by molar-refractivity contribution is 5.22. The first-order valence-electron chi connectivity index (χ1n) is 3.90. The molecule has 70 valence electrons. The smallest absolute Gasteiger partial charge is 0.285 e. The molecule has 1 rings (SSSR count). The largest absolute Gasteiger partial charge is 0.319 e. The molecule has 1 aromatic rings. The molecule has 0 fully saturated rings. The van der Waals surface area contributed by atoms with E-state index in [1.165, 1.54) is 0 Å². The van der Waals surface area contributed by atoms with E-state index in [9.17, 15) is 8.78 Å². The maximum absolute atomic E-state index is 13.0. The van der Waals surface area contributed by atoms with Crippen molar-refractivity contribution in [1.29, 1.82) is 0 Å². The van der Waals surface area contributed by atoms with Crippen LogP contribution in [0, 0.1) is 0 Å². The van der Waals surface area contributed by atoms with Gasteiger partial charge in [0.15, 0.2) is 0 Å².